The van der Waals surface area contributed by atoms with Crippen LogP contribution >= 0.6 is 38.5 Å². The van der Waals surface area contributed by atoms with Gasteiger partial charge in [0.2, 0.25) is 0 Å². The maximum atomic E-state index is 12.1. The monoisotopic (exact) mass is 432 g/mol. The van der Waals surface area contributed by atoms with Crippen LogP contribution in [0.3, 0.4) is 0 Å². The van der Waals surface area contributed by atoms with Gasteiger partial charge in [-0.1, -0.05) is 0 Å². The van der Waals surface area contributed by atoms with Crippen LogP contribution in [0, 0.1) is 10.5 Å². The number of nitrogens with one attached hydrogen (secondary N) is 1. The molecule has 0 spiro atoms. The number of aromatic nitrogens is 1. The number of hydrogen-bond donors (Lipinski definition) is 2. The minimum absolute atomic E-state index is 0.0484. The molecule has 98 valence electrons. The molecule has 0 fully saturated rings. The van der Waals surface area contributed by atoms with Crippen molar-refractivity contribution in [2.24, 2.45) is 0 Å². The zero-order valence-electron chi connectivity index (χ0n) is 9.95. The normalized spacial score (nSPS) is 10.3. The lowest BCUT2D eigenvalue weighted by Crippen LogP contribution is -2.14. The second-order valence-corrected chi connectivity index (χ2v) is 6.10. The molecule has 19 heavy (non-hydrogen) atoms. The lowest BCUT2D eigenvalue weighted by atomic mass is 10.2. The number of anilines is 1. The molecule has 0 aliphatic rings. The summed E-state index contributed by atoms with van der Waals surface area (Å²) < 4.78 is 1.72. The molecule has 2 aromatic rings. The molecule has 0 aliphatic heterocycles. The third kappa shape index (κ3) is 3.44. The lowest BCUT2D eigenvalue weighted by Gasteiger charge is -2.09. The molecular weight excluding hydrogens is 423 g/mol. The first-order valence-electron chi connectivity index (χ1n) is 5.39. The Morgan fingerprint density at radius 3 is 2.84 bits per heavy atom. The number of carbonyl (C=O) groups is 1. The van der Waals surface area contributed by atoms with Gasteiger partial charge in [-0.05, 0) is 75.3 Å². The van der Waals surface area contributed by atoms with Crippen LogP contribution in [0.1, 0.15) is 15.9 Å². The van der Waals surface area contributed by atoms with Crippen molar-refractivity contribution in [1.29, 1.82) is 0 Å². The van der Waals surface area contributed by atoms with Crippen molar-refractivity contribution >= 4 is 50.2 Å². The molecule has 2 rings (SSSR count). The summed E-state index contributed by atoms with van der Waals surface area (Å²) in [6, 6.07) is 6.71. The highest BCUT2D eigenvalue weighted by molar-refractivity contribution is 14.1. The average molecular weight is 433 g/mol. The Morgan fingerprint density at radius 2 is 2.16 bits per heavy atom. The number of amides is 1. The lowest BCUT2D eigenvalue weighted by molar-refractivity contribution is 0.102. The van der Waals surface area contributed by atoms with Crippen molar-refractivity contribution in [3.63, 3.8) is 0 Å². The third-order valence-corrected chi connectivity index (χ3v) is 3.58. The molecular formula is C13H10BrIN2O2. The molecule has 1 amide bonds. The maximum absolute atomic E-state index is 12.1. The fourth-order valence-corrected chi connectivity index (χ4v) is 2.47. The summed E-state index contributed by atoms with van der Waals surface area (Å²) in [5.74, 6) is 0.0491. The number of pyridine rings is 1. The van der Waals surface area contributed by atoms with Crippen molar-refractivity contribution in [3.05, 3.63) is 49.6 Å². The summed E-state index contributed by atoms with van der Waals surface area (Å²) in [5.41, 5.74) is 1.07. The number of aromatic hydroxyl groups is 1. The molecule has 0 saturated heterocycles. The predicted molar refractivity (Wildman–Crippen MR) is 85.5 cm³/mol. The van der Waals surface area contributed by atoms with Crippen LogP contribution in [-0.2, 0) is 0 Å². The standard InChI is InChI=1S/C13H10BrIN2O2/c1-7-4-8(14)6-16-12(7)17-13(19)10-5-9(15)2-3-11(10)18/h2-6,18H,1H3,(H,16,17,19). The summed E-state index contributed by atoms with van der Waals surface area (Å²) in [5, 5.41) is 12.4. The van der Waals surface area contributed by atoms with Crippen LogP contribution in [0.25, 0.3) is 0 Å². The number of halogens is 2. The second kappa shape index (κ2) is 5.87. The molecule has 6 heteroatoms. The Labute approximate surface area is 132 Å². The van der Waals surface area contributed by atoms with Gasteiger partial charge in [-0.2, -0.15) is 0 Å². The minimum Gasteiger partial charge on any atom is -0.507 e. The van der Waals surface area contributed by atoms with Crippen molar-refractivity contribution in [3.8, 4) is 5.75 Å². The number of nitrogens with zero attached hydrogens (tertiary/aromatic N) is 1. The highest BCUT2D eigenvalue weighted by atomic mass is 127. The molecule has 0 atom stereocenters. The Morgan fingerprint density at radius 1 is 1.42 bits per heavy atom. The van der Waals surface area contributed by atoms with Crippen molar-refractivity contribution < 1.29 is 9.90 Å². The van der Waals surface area contributed by atoms with Crippen LogP contribution in [-0.4, -0.2) is 16.0 Å². The number of carbonyl (C=O) groups excluding carboxylic acids is 1. The van der Waals surface area contributed by atoms with Crippen LogP contribution in [0.4, 0.5) is 5.82 Å². The van der Waals surface area contributed by atoms with Gasteiger partial charge in [0.1, 0.15) is 11.6 Å². The fourth-order valence-electron chi connectivity index (χ4n) is 1.54. The van der Waals surface area contributed by atoms with Gasteiger partial charge in [0.15, 0.2) is 0 Å². The Bertz CT molecular complexity index is 647. The highest BCUT2D eigenvalue weighted by Gasteiger charge is 2.13. The Hall–Kier alpha value is -1.15. The zero-order valence-corrected chi connectivity index (χ0v) is 13.7. The van der Waals surface area contributed by atoms with Gasteiger partial charge >= 0.3 is 0 Å². The first-order chi connectivity index (χ1) is 8.97. The first-order valence-corrected chi connectivity index (χ1v) is 7.26. The Balaban J connectivity index is 2.28. The van der Waals surface area contributed by atoms with Crippen LogP contribution in [0.5, 0.6) is 5.75 Å². The quantitative estimate of drug-likeness (QED) is 0.711. The molecule has 1 heterocycles. The van der Waals surface area contributed by atoms with E-state index in [9.17, 15) is 9.90 Å². The molecule has 2 N–H and O–H groups in total. The number of hydrogen-bond acceptors (Lipinski definition) is 3. The number of aryl methyl sites for hydroxylation is 1. The molecule has 0 radical (unpaired) electrons. The van der Waals surface area contributed by atoms with E-state index < -0.39 is 0 Å². The number of phenolic OH excluding ortho intramolecular Hbond substituents is 1. The predicted octanol–water partition coefficient (Wildman–Crippen LogP) is 3.72. The maximum Gasteiger partial charge on any atom is 0.260 e. The largest absolute Gasteiger partial charge is 0.507 e. The van der Waals surface area contributed by atoms with E-state index in [1.807, 2.05) is 13.0 Å². The van der Waals surface area contributed by atoms with Crippen LogP contribution < -0.4 is 5.32 Å². The molecule has 4 nitrogen and oxygen atoms in total. The fraction of sp³-hybridized carbons (Fsp3) is 0.0769. The van der Waals surface area contributed by atoms with Gasteiger partial charge in [0, 0.05) is 14.2 Å². The van der Waals surface area contributed by atoms with Crippen molar-refractivity contribution in [1.82, 2.24) is 4.98 Å². The molecule has 0 bridgehead atoms. The summed E-state index contributed by atoms with van der Waals surface area (Å²) in [6.45, 7) is 1.85. The van der Waals surface area contributed by atoms with Gasteiger partial charge < -0.3 is 10.4 Å². The molecule has 0 saturated carbocycles. The van der Waals surface area contributed by atoms with E-state index in [1.54, 1.807) is 18.3 Å². The third-order valence-electron chi connectivity index (χ3n) is 2.48. The van der Waals surface area contributed by atoms with Gasteiger partial charge in [0.25, 0.3) is 5.91 Å². The molecule has 0 unspecified atom stereocenters. The van der Waals surface area contributed by atoms with E-state index >= 15 is 0 Å². The van der Waals surface area contributed by atoms with E-state index in [-0.39, 0.29) is 17.2 Å². The second-order valence-electron chi connectivity index (χ2n) is 3.93. The number of benzene rings is 1. The van der Waals surface area contributed by atoms with Gasteiger partial charge in [-0.3, -0.25) is 4.79 Å². The molecule has 1 aromatic carbocycles. The molecule has 0 aliphatic carbocycles. The van der Waals surface area contributed by atoms with E-state index in [0.717, 1.165) is 13.6 Å². The van der Waals surface area contributed by atoms with Crippen LogP contribution in [0.15, 0.2) is 34.9 Å². The van der Waals surface area contributed by atoms with E-state index in [4.69, 9.17) is 0 Å². The highest BCUT2D eigenvalue weighted by Crippen LogP contribution is 2.22. The van der Waals surface area contributed by atoms with Crippen molar-refractivity contribution in [2.75, 3.05) is 5.32 Å². The summed E-state index contributed by atoms with van der Waals surface area (Å²) >= 11 is 5.40. The van der Waals surface area contributed by atoms with Gasteiger partial charge in [-0.25, -0.2) is 4.98 Å². The average Bonchev–Trinajstić information content (AvgIpc) is 2.35. The zero-order chi connectivity index (χ0) is 14.0. The summed E-state index contributed by atoms with van der Waals surface area (Å²) in [7, 11) is 0. The summed E-state index contributed by atoms with van der Waals surface area (Å²) in [4.78, 5) is 16.2. The molecule has 1 aromatic heterocycles. The van der Waals surface area contributed by atoms with Crippen molar-refractivity contribution in [2.45, 2.75) is 6.92 Å². The SMILES string of the molecule is Cc1cc(Br)cnc1NC(=O)c1cc(I)ccc1O. The van der Waals surface area contributed by atoms with Crippen LogP contribution in [0.2, 0.25) is 0 Å². The minimum atomic E-state index is -0.381. The number of phenols is 1. The van der Waals surface area contributed by atoms with E-state index in [1.165, 1.54) is 6.07 Å². The van der Waals surface area contributed by atoms with Gasteiger partial charge in [-0.15, -0.1) is 0 Å². The summed E-state index contributed by atoms with van der Waals surface area (Å²) in [6.07, 6.45) is 1.61. The van der Waals surface area contributed by atoms with E-state index in [0.29, 0.717) is 5.82 Å². The first kappa shape index (κ1) is 14.3. The Kier molecular flexibility index (Phi) is 4.41. The number of rotatable bonds is 2. The topological polar surface area (TPSA) is 62.2 Å². The smallest absolute Gasteiger partial charge is 0.260 e. The van der Waals surface area contributed by atoms with E-state index in [2.05, 4.69) is 48.8 Å². The van der Waals surface area contributed by atoms with Gasteiger partial charge in [0.05, 0.1) is 5.56 Å².